The second kappa shape index (κ2) is 3.92. The minimum absolute atomic E-state index is 0.103. The highest BCUT2D eigenvalue weighted by atomic mass is 16.5. The highest BCUT2D eigenvalue weighted by Gasteiger charge is 2.15. The van der Waals surface area contributed by atoms with Crippen LogP contribution in [0.15, 0.2) is 28.9 Å². The molecule has 0 bridgehead atoms. The maximum Gasteiger partial charge on any atom is 0.322 e. The van der Waals surface area contributed by atoms with Gasteiger partial charge >= 0.3 is 6.01 Å². The Balaban J connectivity index is 2.21. The predicted molar refractivity (Wildman–Crippen MR) is 60.9 cm³/mol. The van der Waals surface area contributed by atoms with Crippen LogP contribution in [0.3, 0.4) is 0 Å². The lowest BCUT2D eigenvalue weighted by atomic mass is 10.1. The topological polar surface area (TPSA) is 63.8 Å². The van der Waals surface area contributed by atoms with Gasteiger partial charge in [0.05, 0.1) is 0 Å². The molecule has 0 radical (unpaired) electrons. The minimum Gasteiger partial charge on any atom is -0.333 e. The van der Waals surface area contributed by atoms with Crippen molar-refractivity contribution in [3.63, 3.8) is 0 Å². The first-order chi connectivity index (χ1) is 7.54. The summed E-state index contributed by atoms with van der Waals surface area (Å²) in [7, 11) is 0. The zero-order valence-corrected chi connectivity index (χ0v) is 9.56. The molecule has 2 heterocycles. The molecule has 2 rings (SSSR count). The molecule has 0 saturated carbocycles. The summed E-state index contributed by atoms with van der Waals surface area (Å²) in [5, 5.41) is 6.96. The molecule has 5 heteroatoms. The van der Waals surface area contributed by atoms with E-state index < -0.39 is 0 Å². The van der Waals surface area contributed by atoms with E-state index in [4.69, 9.17) is 4.52 Å². The second-order valence-corrected chi connectivity index (χ2v) is 4.51. The van der Waals surface area contributed by atoms with Crippen molar-refractivity contribution in [1.29, 1.82) is 0 Å². The maximum absolute atomic E-state index is 5.08. The monoisotopic (exact) mass is 218 g/mol. The molecule has 0 aliphatic rings. The van der Waals surface area contributed by atoms with Crippen molar-refractivity contribution in [3.8, 4) is 11.5 Å². The summed E-state index contributed by atoms with van der Waals surface area (Å²) in [5.74, 6) is 0.493. The van der Waals surface area contributed by atoms with Gasteiger partial charge in [0.25, 0.3) is 0 Å². The van der Waals surface area contributed by atoms with Crippen molar-refractivity contribution in [2.24, 2.45) is 0 Å². The Kier molecular flexibility index (Phi) is 2.60. The zero-order valence-electron chi connectivity index (χ0n) is 9.56. The average molecular weight is 218 g/mol. The number of nitrogens with one attached hydrogen (secondary N) is 1. The highest BCUT2D eigenvalue weighted by Crippen LogP contribution is 2.17. The number of rotatable bonds is 2. The summed E-state index contributed by atoms with van der Waals surface area (Å²) in [5.41, 5.74) is 0.599. The first kappa shape index (κ1) is 10.6. The SMILES string of the molecule is CC(C)(C)Nc1nc(-c2ccccn2)no1. The van der Waals surface area contributed by atoms with Gasteiger partial charge in [-0.2, -0.15) is 4.98 Å². The lowest BCUT2D eigenvalue weighted by Crippen LogP contribution is -2.26. The molecule has 0 unspecified atom stereocenters. The number of hydrogen-bond donors (Lipinski definition) is 1. The van der Waals surface area contributed by atoms with Crippen LogP contribution in [-0.2, 0) is 0 Å². The van der Waals surface area contributed by atoms with Crippen LogP contribution in [0, 0.1) is 0 Å². The summed E-state index contributed by atoms with van der Waals surface area (Å²) in [6, 6.07) is 5.98. The van der Waals surface area contributed by atoms with Gasteiger partial charge in [0, 0.05) is 11.7 Å². The van der Waals surface area contributed by atoms with Gasteiger partial charge in [0.15, 0.2) is 0 Å². The second-order valence-electron chi connectivity index (χ2n) is 4.51. The minimum atomic E-state index is -0.103. The van der Waals surface area contributed by atoms with E-state index in [0.29, 0.717) is 17.5 Å². The number of hydrogen-bond acceptors (Lipinski definition) is 5. The zero-order chi connectivity index (χ0) is 11.6. The Hall–Kier alpha value is -1.91. The molecule has 0 aromatic carbocycles. The normalized spacial score (nSPS) is 11.4. The summed E-state index contributed by atoms with van der Waals surface area (Å²) >= 11 is 0. The average Bonchev–Trinajstić information content (AvgIpc) is 2.65. The van der Waals surface area contributed by atoms with Crippen molar-refractivity contribution < 1.29 is 4.52 Å². The third kappa shape index (κ3) is 2.56. The van der Waals surface area contributed by atoms with Crippen molar-refractivity contribution in [2.75, 3.05) is 5.32 Å². The van der Waals surface area contributed by atoms with E-state index in [2.05, 4.69) is 20.4 Å². The van der Waals surface area contributed by atoms with Gasteiger partial charge < -0.3 is 9.84 Å². The molecule has 2 aromatic rings. The first-order valence-electron chi connectivity index (χ1n) is 5.08. The predicted octanol–water partition coefficient (Wildman–Crippen LogP) is 2.34. The van der Waals surface area contributed by atoms with E-state index in [9.17, 15) is 0 Å². The van der Waals surface area contributed by atoms with Gasteiger partial charge in [-0.1, -0.05) is 11.2 Å². The summed E-state index contributed by atoms with van der Waals surface area (Å²) in [4.78, 5) is 8.36. The van der Waals surface area contributed by atoms with E-state index in [1.807, 2.05) is 39.0 Å². The molecule has 0 fully saturated rings. The van der Waals surface area contributed by atoms with Crippen LogP contribution in [0.25, 0.3) is 11.5 Å². The number of aromatic nitrogens is 3. The fourth-order valence-electron chi connectivity index (χ4n) is 1.19. The third-order valence-corrected chi connectivity index (χ3v) is 1.80. The molecule has 0 spiro atoms. The van der Waals surface area contributed by atoms with Crippen LogP contribution in [0.4, 0.5) is 6.01 Å². The van der Waals surface area contributed by atoms with Gasteiger partial charge in [-0.15, -0.1) is 0 Å². The Labute approximate surface area is 93.9 Å². The molecule has 0 aliphatic carbocycles. The number of anilines is 1. The van der Waals surface area contributed by atoms with Gasteiger partial charge in [-0.3, -0.25) is 4.98 Å². The Morgan fingerprint density at radius 2 is 2.06 bits per heavy atom. The molecular formula is C11H14N4O. The molecule has 16 heavy (non-hydrogen) atoms. The molecular weight excluding hydrogens is 204 g/mol. The number of pyridine rings is 1. The Morgan fingerprint density at radius 3 is 2.69 bits per heavy atom. The molecule has 2 aromatic heterocycles. The molecule has 0 saturated heterocycles. The van der Waals surface area contributed by atoms with Crippen molar-refractivity contribution in [2.45, 2.75) is 26.3 Å². The van der Waals surface area contributed by atoms with Gasteiger partial charge in [0.2, 0.25) is 5.82 Å². The van der Waals surface area contributed by atoms with Crippen molar-refractivity contribution in [3.05, 3.63) is 24.4 Å². The summed E-state index contributed by atoms with van der Waals surface area (Å²) < 4.78 is 5.08. The van der Waals surface area contributed by atoms with Crippen LogP contribution in [-0.4, -0.2) is 20.7 Å². The largest absolute Gasteiger partial charge is 0.333 e. The standard InChI is InChI=1S/C11H14N4O/c1-11(2,3)14-10-13-9(15-16-10)8-6-4-5-7-12-8/h4-7H,1-3H3,(H,13,14,15). The molecule has 0 amide bonds. The van der Waals surface area contributed by atoms with Crippen LogP contribution >= 0.6 is 0 Å². The summed E-state index contributed by atoms with van der Waals surface area (Å²) in [6.45, 7) is 6.08. The molecule has 0 atom stereocenters. The Bertz CT molecular complexity index is 458. The molecule has 5 nitrogen and oxygen atoms in total. The van der Waals surface area contributed by atoms with Gasteiger partial charge in [-0.05, 0) is 32.9 Å². The van der Waals surface area contributed by atoms with Crippen molar-refractivity contribution >= 4 is 6.01 Å². The fraction of sp³-hybridized carbons (Fsp3) is 0.364. The lowest BCUT2D eigenvalue weighted by Gasteiger charge is -2.17. The molecule has 0 aliphatic heterocycles. The quantitative estimate of drug-likeness (QED) is 0.838. The molecule has 1 N–H and O–H groups in total. The van der Waals surface area contributed by atoms with E-state index in [1.165, 1.54) is 0 Å². The van der Waals surface area contributed by atoms with Gasteiger partial charge in [0.1, 0.15) is 5.69 Å². The maximum atomic E-state index is 5.08. The van der Waals surface area contributed by atoms with E-state index >= 15 is 0 Å². The van der Waals surface area contributed by atoms with Crippen LogP contribution < -0.4 is 5.32 Å². The Morgan fingerprint density at radius 1 is 1.25 bits per heavy atom. The van der Waals surface area contributed by atoms with E-state index in [0.717, 1.165) is 0 Å². The van der Waals surface area contributed by atoms with E-state index in [1.54, 1.807) is 6.20 Å². The smallest absolute Gasteiger partial charge is 0.322 e. The van der Waals surface area contributed by atoms with Crippen LogP contribution in [0.1, 0.15) is 20.8 Å². The number of nitrogens with zero attached hydrogens (tertiary/aromatic N) is 3. The summed E-state index contributed by atoms with van der Waals surface area (Å²) in [6.07, 6.45) is 1.70. The van der Waals surface area contributed by atoms with Crippen LogP contribution in [0.5, 0.6) is 0 Å². The van der Waals surface area contributed by atoms with Gasteiger partial charge in [-0.25, -0.2) is 0 Å². The lowest BCUT2D eigenvalue weighted by molar-refractivity contribution is 0.420. The fourth-order valence-corrected chi connectivity index (χ4v) is 1.19. The van der Waals surface area contributed by atoms with E-state index in [-0.39, 0.29) is 5.54 Å². The van der Waals surface area contributed by atoms with Crippen LogP contribution in [0.2, 0.25) is 0 Å². The molecule has 84 valence electrons. The highest BCUT2D eigenvalue weighted by molar-refractivity contribution is 5.49. The first-order valence-corrected chi connectivity index (χ1v) is 5.08. The third-order valence-electron chi connectivity index (χ3n) is 1.80. The van der Waals surface area contributed by atoms with Crippen molar-refractivity contribution in [1.82, 2.24) is 15.1 Å².